The Balaban J connectivity index is 1.47. The minimum absolute atomic E-state index is 0.0178. The predicted octanol–water partition coefficient (Wildman–Crippen LogP) is 4.96. The molecule has 0 bridgehead atoms. The van der Waals surface area contributed by atoms with E-state index >= 15 is 0 Å². The van der Waals surface area contributed by atoms with Crippen molar-refractivity contribution >= 4 is 45.1 Å². The Morgan fingerprint density at radius 2 is 1.97 bits per heavy atom. The van der Waals surface area contributed by atoms with E-state index < -0.39 is 0 Å². The minimum Gasteiger partial charge on any atom is -0.356 e. The second kappa shape index (κ2) is 7.32. The Morgan fingerprint density at radius 1 is 1.15 bits per heavy atom. The molecule has 0 unspecified atom stereocenters. The summed E-state index contributed by atoms with van der Waals surface area (Å²) in [6.07, 6.45) is 4.30. The lowest BCUT2D eigenvalue weighted by atomic mass is 9.79. The molecular formula is C26H24ClN5O. The number of rotatable bonds is 3. The number of likely N-dealkylation sites (tertiary alicyclic amines) is 1. The number of para-hydroxylation sites is 1. The van der Waals surface area contributed by atoms with Crippen LogP contribution in [0.25, 0.3) is 32.9 Å². The van der Waals surface area contributed by atoms with E-state index in [0.717, 1.165) is 76.9 Å². The van der Waals surface area contributed by atoms with Crippen LogP contribution in [0.3, 0.4) is 0 Å². The van der Waals surface area contributed by atoms with Crippen molar-refractivity contribution in [1.82, 2.24) is 20.1 Å². The highest BCUT2D eigenvalue weighted by molar-refractivity contribution is 6.35. The van der Waals surface area contributed by atoms with Gasteiger partial charge in [0.25, 0.3) is 0 Å². The van der Waals surface area contributed by atoms with E-state index in [2.05, 4.69) is 40.7 Å². The second-order valence-corrected chi connectivity index (χ2v) is 9.68. The van der Waals surface area contributed by atoms with Crippen molar-refractivity contribution in [3.8, 4) is 11.1 Å². The van der Waals surface area contributed by atoms with Crippen LogP contribution in [-0.2, 0) is 4.79 Å². The summed E-state index contributed by atoms with van der Waals surface area (Å²) in [5, 5.41) is 10.1. The molecule has 2 aromatic heterocycles. The zero-order valence-electron chi connectivity index (χ0n) is 18.4. The van der Waals surface area contributed by atoms with Crippen LogP contribution in [0.2, 0.25) is 5.02 Å². The Hall–Kier alpha value is -3.38. The zero-order chi connectivity index (χ0) is 22.7. The molecular weight excluding hydrogens is 434 g/mol. The number of pyridine rings is 1. The van der Waals surface area contributed by atoms with E-state index in [-0.39, 0.29) is 11.3 Å². The van der Waals surface area contributed by atoms with Crippen LogP contribution in [0.1, 0.15) is 12.0 Å². The van der Waals surface area contributed by atoms with Gasteiger partial charge in [-0.3, -0.25) is 9.89 Å². The number of carbonyl (C=O) groups is 1. The van der Waals surface area contributed by atoms with Gasteiger partial charge in [0, 0.05) is 58.5 Å². The summed E-state index contributed by atoms with van der Waals surface area (Å²) in [5.74, 6) is 1.01. The molecule has 0 saturated carbocycles. The number of hydrogen-bond donors (Lipinski definition) is 1. The third kappa shape index (κ3) is 3.04. The van der Waals surface area contributed by atoms with Gasteiger partial charge >= 0.3 is 0 Å². The van der Waals surface area contributed by atoms with Crippen molar-refractivity contribution in [1.29, 1.82) is 0 Å². The maximum Gasteiger partial charge on any atom is 0.245 e. The van der Waals surface area contributed by atoms with E-state index in [9.17, 15) is 4.79 Å². The lowest BCUT2D eigenvalue weighted by molar-refractivity contribution is -0.136. The number of halogens is 1. The maximum absolute atomic E-state index is 12.0. The van der Waals surface area contributed by atoms with Crippen LogP contribution in [0.5, 0.6) is 0 Å². The smallest absolute Gasteiger partial charge is 0.245 e. The Kier molecular flexibility index (Phi) is 4.49. The molecule has 0 aliphatic carbocycles. The second-order valence-electron chi connectivity index (χ2n) is 9.28. The molecule has 2 fully saturated rings. The summed E-state index contributed by atoms with van der Waals surface area (Å²) >= 11 is 6.79. The summed E-state index contributed by atoms with van der Waals surface area (Å²) in [5.41, 5.74) is 5.24. The number of aromatic nitrogens is 3. The molecule has 166 valence electrons. The minimum atomic E-state index is 0.0178. The van der Waals surface area contributed by atoms with Gasteiger partial charge in [-0.15, -0.1) is 0 Å². The number of nitrogens with zero attached hydrogens (tertiary/aromatic N) is 4. The van der Waals surface area contributed by atoms with Gasteiger partial charge in [0.05, 0.1) is 17.2 Å². The summed E-state index contributed by atoms with van der Waals surface area (Å²) < 4.78 is 0. The first-order valence-corrected chi connectivity index (χ1v) is 11.6. The number of anilines is 1. The predicted molar refractivity (Wildman–Crippen MR) is 133 cm³/mol. The van der Waals surface area contributed by atoms with Gasteiger partial charge in [-0.05, 0) is 43.2 Å². The topological polar surface area (TPSA) is 65.1 Å². The maximum atomic E-state index is 12.0. The first-order valence-electron chi connectivity index (χ1n) is 11.2. The molecule has 6 nitrogen and oxygen atoms in total. The fraction of sp³-hybridized carbons (Fsp3) is 0.269. The molecule has 1 N–H and O–H groups in total. The van der Waals surface area contributed by atoms with E-state index in [1.807, 2.05) is 35.4 Å². The summed E-state index contributed by atoms with van der Waals surface area (Å²) in [6.45, 7) is 9.14. The third-order valence-corrected chi connectivity index (χ3v) is 7.53. The summed E-state index contributed by atoms with van der Waals surface area (Å²) in [4.78, 5) is 21.3. The van der Waals surface area contributed by atoms with E-state index in [1.165, 1.54) is 6.08 Å². The third-order valence-electron chi connectivity index (χ3n) is 7.21. The van der Waals surface area contributed by atoms with Gasteiger partial charge in [-0.1, -0.05) is 36.4 Å². The average Bonchev–Trinajstić information content (AvgIpc) is 3.46. The number of fused-ring (bicyclic) bond motifs is 2. The molecule has 2 aromatic carbocycles. The standard InChI is InChI=1S/C26H24ClN5O/c1-3-22(33)32-14-26(15-32)10-11-31(13-26)25-16(2)23(17-6-4-5-7-20(17)29-25)24-18-12-28-30-21(18)9-8-19(24)27/h3-9,12H,1,10-11,13-15H2,2H3,(H,28,30). The number of amides is 1. The monoisotopic (exact) mass is 457 g/mol. The molecule has 1 spiro atoms. The van der Waals surface area contributed by atoms with Crippen LogP contribution in [0.15, 0.2) is 55.3 Å². The van der Waals surface area contributed by atoms with E-state index in [1.54, 1.807) is 0 Å². The Labute approximate surface area is 196 Å². The lowest BCUT2D eigenvalue weighted by Gasteiger charge is -2.47. The number of nitrogens with one attached hydrogen (secondary N) is 1. The van der Waals surface area contributed by atoms with Crippen molar-refractivity contribution in [3.05, 3.63) is 65.8 Å². The number of H-pyrrole nitrogens is 1. The van der Waals surface area contributed by atoms with Crippen LogP contribution in [0, 0.1) is 12.3 Å². The average molecular weight is 458 g/mol. The summed E-state index contributed by atoms with van der Waals surface area (Å²) in [6, 6.07) is 12.1. The number of hydrogen-bond acceptors (Lipinski definition) is 4. The fourth-order valence-electron chi connectivity index (χ4n) is 5.59. The molecule has 7 heteroatoms. The first kappa shape index (κ1) is 20.2. The molecule has 0 radical (unpaired) electrons. The van der Waals surface area contributed by atoms with Crippen molar-refractivity contribution in [2.75, 3.05) is 31.1 Å². The lowest BCUT2D eigenvalue weighted by Crippen LogP contribution is -2.59. The van der Waals surface area contributed by atoms with Crippen molar-refractivity contribution in [2.45, 2.75) is 13.3 Å². The Bertz CT molecular complexity index is 1440. The van der Waals surface area contributed by atoms with Crippen molar-refractivity contribution in [3.63, 3.8) is 0 Å². The normalized spacial score (nSPS) is 17.2. The number of benzene rings is 2. The van der Waals surface area contributed by atoms with Gasteiger partial charge in [0.2, 0.25) is 5.91 Å². The largest absolute Gasteiger partial charge is 0.356 e. The molecule has 2 aliphatic rings. The van der Waals surface area contributed by atoms with Gasteiger partial charge in [0.15, 0.2) is 0 Å². The SMILES string of the molecule is C=CC(=O)N1CC2(CCN(c3nc4ccccc4c(-c4c(Cl)ccc5[nH]ncc45)c3C)C2)C1. The van der Waals surface area contributed by atoms with E-state index in [4.69, 9.17) is 16.6 Å². The van der Waals surface area contributed by atoms with Gasteiger partial charge in [-0.25, -0.2) is 4.98 Å². The molecule has 0 atom stereocenters. The van der Waals surface area contributed by atoms with Crippen molar-refractivity contribution < 1.29 is 4.79 Å². The Morgan fingerprint density at radius 3 is 2.79 bits per heavy atom. The van der Waals surface area contributed by atoms with Gasteiger partial charge in [0.1, 0.15) is 5.82 Å². The molecule has 2 saturated heterocycles. The highest BCUT2D eigenvalue weighted by atomic mass is 35.5. The van der Waals surface area contributed by atoms with Crippen LogP contribution in [0.4, 0.5) is 5.82 Å². The quantitative estimate of drug-likeness (QED) is 0.441. The molecule has 2 aliphatic heterocycles. The number of aromatic amines is 1. The molecule has 1 amide bonds. The highest BCUT2D eigenvalue weighted by Gasteiger charge is 2.49. The fourth-order valence-corrected chi connectivity index (χ4v) is 5.85. The zero-order valence-corrected chi connectivity index (χ0v) is 19.2. The molecule has 4 heterocycles. The van der Waals surface area contributed by atoms with Crippen LogP contribution in [-0.4, -0.2) is 52.2 Å². The van der Waals surface area contributed by atoms with Crippen LogP contribution >= 0.6 is 11.6 Å². The van der Waals surface area contributed by atoms with Gasteiger partial charge in [-0.2, -0.15) is 5.10 Å². The van der Waals surface area contributed by atoms with Crippen molar-refractivity contribution in [2.24, 2.45) is 5.41 Å². The van der Waals surface area contributed by atoms with Crippen LogP contribution < -0.4 is 4.90 Å². The van der Waals surface area contributed by atoms with E-state index in [0.29, 0.717) is 5.02 Å². The first-order chi connectivity index (χ1) is 16.0. The molecule has 4 aromatic rings. The highest BCUT2D eigenvalue weighted by Crippen LogP contribution is 2.46. The van der Waals surface area contributed by atoms with Gasteiger partial charge < -0.3 is 9.80 Å². The molecule has 33 heavy (non-hydrogen) atoms. The summed E-state index contributed by atoms with van der Waals surface area (Å²) in [7, 11) is 0. The molecule has 6 rings (SSSR count). The number of carbonyl (C=O) groups excluding carboxylic acids is 1.